The minimum atomic E-state index is -3.97. The quantitative estimate of drug-likeness (QED) is 0.458. The Balaban J connectivity index is 1.34. The lowest BCUT2D eigenvalue weighted by Crippen LogP contribution is -2.53. The largest absolute Gasteiger partial charge is 0.477 e. The van der Waals surface area contributed by atoms with Gasteiger partial charge in [-0.3, -0.25) is 9.59 Å². The van der Waals surface area contributed by atoms with Crippen molar-refractivity contribution >= 4 is 50.7 Å². The van der Waals surface area contributed by atoms with Crippen LogP contribution in [0.15, 0.2) is 77.7 Å². The van der Waals surface area contributed by atoms with Crippen LogP contribution in [0, 0.1) is 5.92 Å². The van der Waals surface area contributed by atoms with Crippen molar-refractivity contribution in [3.8, 4) is 5.75 Å². The predicted octanol–water partition coefficient (Wildman–Crippen LogP) is 4.50. The Morgan fingerprint density at radius 3 is 2.51 bits per heavy atom. The fraction of sp³-hybridized carbons (Fsp3) is 0.286. The van der Waals surface area contributed by atoms with Gasteiger partial charge in [0.05, 0.1) is 23.2 Å². The molecule has 0 spiro atoms. The van der Waals surface area contributed by atoms with E-state index in [9.17, 15) is 18.0 Å². The van der Waals surface area contributed by atoms with E-state index in [0.717, 1.165) is 5.56 Å². The second kappa shape index (κ2) is 11.6. The topological polar surface area (TPSA) is 96.0 Å². The second-order valence-electron chi connectivity index (χ2n) is 9.50. The number of piperidine rings is 1. The molecule has 2 heterocycles. The van der Waals surface area contributed by atoms with E-state index in [1.165, 1.54) is 22.5 Å². The van der Waals surface area contributed by atoms with Gasteiger partial charge in [0, 0.05) is 24.7 Å². The molecule has 1 saturated heterocycles. The highest BCUT2D eigenvalue weighted by atomic mass is 35.5. The van der Waals surface area contributed by atoms with Crippen LogP contribution in [0.25, 0.3) is 0 Å². The Bertz CT molecular complexity index is 1490. The molecule has 3 aromatic carbocycles. The first-order chi connectivity index (χ1) is 18.7. The molecule has 0 radical (unpaired) electrons. The van der Waals surface area contributed by atoms with Gasteiger partial charge < -0.3 is 15.0 Å². The highest BCUT2D eigenvalue weighted by Crippen LogP contribution is 2.36. The van der Waals surface area contributed by atoms with E-state index in [-0.39, 0.29) is 46.4 Å². The lowest BCUT2D eigenvalue weighted by atomic mass is 9.97. The van der Waals surface area contributed by atoms with Crippen LogP contribution in [0.4, 0.5) is 5.69 Å². The minimum Gasteiger partial charge on any atom is -0.477 e. The van der Waals surface area contributed by atoms with E-state index in [4.69, 9.17) is 27.9 Å². The lowest BCUT2D eigenvalue weighted by molar-refractivity contribution is -0.129. The smallest absolute Gasteiger partial charge is 0.263 e. The monoisotopic (exact) mass is 587 g/mol. The first-order valence-corrected chi connectivity index (χ1v) is 14.8. The zero-order valence-corrected chi connectivity index (χ0v) is 23.3. The number of amides is 2. The molecule has 1 N–H and O–H groups in total. The number of halogens is 2. The summed E-state index contributed by atoms with van der Waals surface area (Å²) in [5, 5.41) is 3.20. The van der Waals surface area contributed by atoms with Gasteiger partial charge in [0.25, 0.3) is 5.91 Å². The van der Waals surface area contributed by atoms with Crippen LogP contribution >= 0.6 is 23.2 Å². The summed E-state index contributed by atoms with van der Waals surface area (Å²) in [5.74, 6) is -0.785. The average molecular weight is 589 g/mol. The van der Waals surface area contributed by atoms with E-state index in [2.05, 4.69) is 5.32 Å². The molecule has 2 unspecified atom stereocenters. The first kappa shape index (κ1) is 27.5. The summed E-state index contributed by atoms with van der Waals surface area (Å²) >= 11 is 12.2. The van der Waals surface area contributed by atoms with Gasteiger partial charge in [0.1, 0.15) is 10.6 Å². The average Bonchev–Trinajstić information content (AvgIpc) is 2.96. The number of hydrogen-bond acceptors (Lipinski definition) is 5. The van der Waals surface area contributed by atoms with Crippen molar-refractivity contribution in [3.05, 3.63) is 88.4 Å². The lowest BCUT2D eigenvalue weighted by Gasteiger charge is -2.38. The standard InChI is InChI=1S/C28H27Cl2N3O5S/c29-21-12-13-22(30)26(15-21)39(36,37)32-14-6-9-20(17-32)28(35)33-18-25(38-24-11-5-4-10-23(24)33)27(34)31-16-19-7-2-1-3-8-19/h1-5,7-8,10-13,15,20,25H,6,9,14,16-18H2,(H,31,34). The van der Waals surface area contributed by atoms with Gasteiger partial charge in [0.15, 0.2) is 6.10 Å². The van der Waals surface area contributed by atoms with E-state index < -0.39 is 22.0 Å². The molecule has 11 heteroatoms. The van der Waals surface area contributed by atoms with Crippen LogP contribution in [0.3, 0.4) is 0 Å². The summed E-state index contributed by atoms with van der Waals surface area (Å²) < 4.78 is 34.1. The van der Waals surface area contributed by atoms with E-state index in [1.807, 2.05) is 30.3 Å². The molecule has 0 saturated carbocycles. The van der Waals surface area contributed by atoms with Crippen LogP contribution in [-0.2, 0) is 26.2 Å². The molecule has 0 aliphatic carbocycles. The maximum Gasteiger partial charge on any atom is 0.263 e. The Labute approximate surface area is 237 Å². The third-order valence-electron chi connectivity index (χ3n) is 6.89. The summed E-state index contributed by atoms with van der Waals surface area (Å²) in [6.45, 7) is 0.601. The molecule has 0 bridgehead atoms. The molecule has 0 aromatic heterocycles. The third-order valence-corrected chi connectivity index (χ3v) is 9.47. The van der Waals surface area contributed by atoms with Gasteiger partial charge in [0.2, 0.25) is 15.9 Å². The molecule has 1 fully saturated rings. The molecule has 5 rings (SSSR count). The number of para-hydroxylation sites is 2. The molecule has 2 aliphatic rings. The van der Waals surface area contributed by atoms with Crippen LogP contribution < -0.4 is 15.0 Å². The number of carbonyl (C=O) groups is 2. The van der Waals surface area contributed by atoms with Gasteiger partial charge in [-0.1, -0.05) is 65.7 Å². The maximum absolute atomic E-state index is 13.9. The zero-order valence-electron chi connectivity index (χ0n) is 20.9. The minimum absolute atomic E-state index is 0.00555. The maximum atomic E-state index is 13.9. The van der Waals surface area contributed by atoms with E-state index in [0.29, 0.717) is 30.8 Å². The van der Waals surface area contributed by atoms with Crippen molar-refractivity contribution in [2.75, 3.05) is 24.5 Å². The third kappa shape index (κ3) is 5.91. The van der Waals surface area contributed by atoms with Gasteiger partial charge in [-0.05, 0) is 48.7 Å². The number of hydrogen-bond donors (Lipinski definition) is 1. The number of fused-ring (bicyclic) bond motifs is 1. The van der Waals surface area contributed by atoms with Crippen LogP contribution in [0.1, 0.15) is 18.4 Å². The van der Waals surface area contributed by atoms with Crippen molar-refractivity contribution in [3.63, 3.8) is 0 Å². The molecule has 39 heavy (non-hydrogen) atoms. The SMILES string of the molecule is O=C(NCc1ccccc1)C1CN(C(=O)C2CCCN(S(=O)(=O)c3cc(Cl)ccc3Cl)C2)c2ccccc2O1. The molecule has 2 atom stereocenters. The number of rotatable bonds is 6. The summed E-state index contributed by atoms with van der Waals surface area (Å²) in [7, 11) is -3.97. The van der Waals surface area contributed by atoms with E-state index >= 15 is 0 Å². The molecule has 3 aromatic rings. The number of sulfonamides is 1. The van der Waals surface area contributed by atoms with Gasteiger partial charge >= 0.3 is 0 Å². The number of nitrogens with one attached hydrogen (secondary N) is 1. The Morgan fingerprint density at radius 1 is 0.974 bits per heavy atom. The number of ether oxygens (including phenoxy) is 1. The molecule has 2 amide bonds. The summed E-state index contributed by atoms with van der Waals surface area (Å²) in [6.07, 6.45) is 0.0977. The normalized spacial score (nSPS) is 19.6. The van der Waals surface area contributed by atoms with Crippen LogP contribution in [-0.4, -0.2) is 50.3 Å². The van der Waals surface area contributed by atoms with Crippen molar-refractivity contribution in [2.45, 2.75) is 30.4 Å². The number of anilines is 1. The summed E-state index contributed by atoms with van der Waals surface area (Å²) in [4.78, 5) is 28.4. The predicted molar refractivity (Wildman–Crippen MR) is 149 cm³/mol. The second-order valence-corrected chi connectivity index (χ2v) is 12.3. The molecular formula is C28H27Cl2N3O5S. The molecule has 8 nitrogen and oxygen atoms in total. The Kier molecular flexibility index (Phi) is 8.13. The van der Waals surface area contributed by atoms with Gasteiger partial charge in [-0.2, -0.15) is 4.31 Å². The van der Waals surface area contributed by atoms with E-state index in [1.54, 1.807) is 29.2 Å². The fourth-order valence-corrected chi connectivity index (χ4v) is 7.14. The summed E-state index contributed by atoms with van der Waals surface area (Å²) in [5.41, 5.74) is 1.49. The van der Waals surface area contributed by atoms with Crippen LogP contribution in [0.2, 0.25) is 10.0 Å². The zero-order chi connectivity index (χ0) is 27.6. The molecular weight excluding hydrogens is 561 g/mol. The van der Waals surface area contributed by atoms with Gasteiger partial charge in [-0.15, -0.1) is 0 Å². The first-order valence-electron chi connectivity index (χ1n) is 12.6. The van der Waals surface area contributed by atoms with Gasteiger partial charge in [-0.25, -0.2) is 8.42 Å². The number of nitrogens with zero attached hydrogens (tertiary/aromatic N) is 2. The fourth-order valence-electron chi connectivity index (χ4n) is 4.88. The number of benzene rings is 3. The van der Waals surface area contributed by atoms with Crippen LogP contribution in [0.5, 0.6) is 5.75 Å². The Morgan fingerprint density at radius 2 is 1.72 bits per heavy atom. The van der Waals surface area contributed by atoms with Crippen molar-refractivity contribution in [2.24, 2.45) is 5.92 Å². The Hall–Kier alpha value is -3.11. The highest BCUT2D eigenvalue weighted by molar-refractivity contribution is 7.89. The highest BCUT2D eigenvalue weighted by Gasteiger charge is 2.40. The van der Waals surface area contributed by atoms with Crippen molar-refractivity contribution < 1.29 is 22.7 Å². The number of carbonyl (C=O) groups excluding carboxylic acids is 2. The molecule has 204 valence electrons. The molecule has 2 aliphatic heterocycles. The summed E-state index contributed by atoms with van der Waals surface area (Å²) in [6, 6.07) is 20.8. The van der Waals surface area contributed by atoms with Crippen molar-refractivity contribution in [1.82, 2.24) is 9.62 Å². The van der Waals surface area contributed by atoms with Crippen molar-refractivity contribution in [1.29, 1.82) is 0 Å².